The normalized spacial score (nSPS) is 12.6. The molecule has 2 unspecified atom stereocenters. The molecule has 0 aromatic rings. The SMILES string of the molecule is CCCCCCCC/C=C\CCCCCCCCCC(=O)OCCCCCCCCCCCCCCCCCCC(=O)NC(CO)C(O)CCCCCCCCCCCCCCCCCCCCCCC. The van der Waals surface area contributed by atoms with Gasteiger partial charge in [0.25, 0.3) is 0 Å². The van der Waals surface area contributed by atoms with Crippen molar-refractivity contribution in [2.75, 3.05) is 13.2 Å². The van der Waals surface area contributed by atoms with Crippen LogP contribution in [0.2, 0.25) is 0 Å². The van der Waals surface area contributed by atoms with Gasteiger partial charge in [0.2, 0.25) is 5.91 Å². The topological polar surface area (TPSA) is 95.9 Å². The standard InChI is InChI=1S/C65H127NO5/c1-3-5-7-9-11-13-15-17-19-21-22-23-24-26-29-33-37-41-45-49-53-57-63(68)62(61-67)66-64(69)58-54-50-46-42-38-34-30-27-28-32-36-40-44-48-52-56-60-71-65(70)59-55-51-47-43-39-35-31-25-20-18-16-14-12-10-8-6-4-2/h18,20,62-63,67-68H,3-17,19,21-61H2,1-2H3,(H,66,69)/b20-18-. The van der Waals surface area contributed by atoms with E-state index in [2.05, 4.69) is 31.3 Å². The summed E-state index contributed by atoms with van der Waals surface area (Å²) in [7, 11) is 0. The van der Waals surface area contributed by atoms with E-state index in [0.29, 0.717) is 25.9 Å². The Kier molecular flexibility index (Phi) is 59.9. The monoisotopic (exact) mass is 1000 g/mol. The van der Waals surface area contributed by atoms with Gasteiger partial charge in [-0.15, -0.1) is 0 Å². The van der Waals surface area contributed by atoms with Crippen molar-refractivity contribution in [2.24, 2.45) is 0 Å². The number of ether oxygens (including phenoxy) is 1. The van der Waals surface area contributed by atoms with Crippen LogP contribution in [0.15, 0.2) is 12.2 Å². The molecule has 0 aliphatic carbocycles. The predicted molar refractivity (Wildman–Crippen MR) is 310 cm³/mol. The molecule has 6 heteroatoms. The van der Waals surface area contributed by atoms with Crippen LogP contribution in [0, 0.1) is 0 Å². The second kappa shape index (κ2) is 61.1. The molecule has 0 bridgehead atoms. The third-order valence-electron chi connectivity index (χ3n) is 15.3. The number of unbranched alkanes of at least 4 members (excludes halogenated alkanes) is 48. The number of carbonyl (C=O) groups excluding carboxylic acids is 2. The minimum Gasteiger partial charge on any atom is -0.466 e. The zero-order valence-electron chi connectivity index (χ0n) is 48.2. The van der Waals surface area contributed by atoms with Crippen LogP contribution < -0.4 is 5.32 Å². The number of carbonyl (C=O) groups is 2. The molecule has 2 atom stereocenters. The lowest BCUT2D eigenvalue weighted by molar-refractivity contribution is -0.143. The van der Waals surface area contributed by atoms with Gasteiger partial charge in [-0.05, 0) is 51.4 Å². The molecule has 0 saturated carbocycles. The fourth-order valence-electron chi connectivity index (χ4n) is 10.3. The van der Waals surface area contributed by atoms with E-state index >= 15 is 0 Å². The van der Waals surface area contributed by atoms with E-state index in [1.165, 1.54) is 289 Å². The molecule has 3 N–H and O–H groups in total. The fraction of sp³-hybridized carbons (Fsp3) is 0.938. The Morgan fingerprint density at radius 3 is 1.00 bits per heavy atom. The van der Waals surface area contributed by atoms with E-state index in [1.807, 2.05) is 0 Å². The highest BCUT2D eigenvalue weighted by atomic mass is 16.5. The van der Waals surface area contributed by atoms with Gasteiger partial charge >= 0.3 is 5.97 Å². The van der Waals surface area contributed by atoms with Crippen molar-refractivity contribution in [3.63, 3.8) is 0 Å². The minimum absolute atomic E-state index is 0.00116. The smallest absolute Gasteiger partial charge is 0.305 e. The molecule has 0 heterocycles. The number of allylic oxidation sites excluding steroid dienone is 2. The Morgan fingerprint density at radius 1 is 0.380 bits per heavy atom. The maximum atomic E-state index is 12.5. The highest BCUT2D eigenvalue weighted by molar-refractivity contribution is 5.76. The first-order chi connectivity index (χ1) is 35.0. The van der Waals surface area contributed by atoms with Crippen molar-refractivity contribution in [3.8, 4) is 0 Å². The average Bonchev–Trinajstić information content (AvgIpc) is 3.37. The van der Waals surface area contributed by atoms with Crippen LogP contribution in [-0.2, 0) is 14.3 Å². The number of aliphatic hydroxyl groups is 2. The number of hydrogen-bond donors (Lipinski definition) is 3. The van der Waals surface area contributed by atoms with E-state index in [1.54, 1.807) is 0 Å². The Bertz CT molecular complexity index is 1060. The van der Waals surface area contributed by atoms with E-state index in [4.69, 9.17) is 4.74 Å². The van der Waals surface area contributed by atoms with Gasteiger partial charge in [-0.2, -0.15) is 0 Å². The van der Waals surface area contributed by atoms with Gasteiger partial charge in [-0.3, -0.25) is 9.59 Å². The molecule has 0 saturated heterocycles. The van der Waals surface area contributed by atoms with Gasteiger partial charge in [-0.25, -0.2) is 0 Å². The molecule has 0 aromatic carbocycles. The molecule has 0 aliphatic heterocycles. The fourth-order valence-corrected chi connectivity index (χ4v) is 10.3. The molecule has 0 spiro atoms. The zero-order chi connectivity index (χ0) is 51.4. The van der Waals surface area contributed by atoms with Gasteiger partial charge in [0.1, 0.15) is 0 Å². The summed E-state index contributed by atoms with van der Waals surface area (Å²) in [6, 6.07) is -0.547. The largest absolute Gasteiger partial charge is 0.466 e. The van der Waals surface area contributed by atoms with Gasteiger partial charge in [-0.1, -0.05) is 315 Å². The first kappa shape index (κ1) is 69.6. The molecule has 6 nitrogen and oxygen atoms in total. The molecule has 0 fully saturated rings. The van der Waals surface area contributed by atoms with Gasteiger partial charge in [0.15, 0.2) is 0 Å². The maximum absolute atomic E-state index is 12.5. The summed E-state index contributed by atoms with van der Waals surface area (Å²) in [4.78, 5) is 24.6. The maximum Gasteiger partial charge on any atom is 0.305 e. The molecule has 1 amide bonds. The van der Waals surface area contributed by atoms with E-state index in [-0.39, 0.29) is 18.5 Å². The third-order valence-corrected chi connectivity index (χ3v) is 15.3. The highest BCUT2D eigenvalue weighted by Gasteiger charge is 2.20. The molecule has 0 aliphatic rings. The number of aliphatic hydroxyl groups excluding tert-OH is 2. The molecular weight excluding hydrogens is 875 g/mol. The van der Waals surface area contributed by atoms with Crippen molar-refractivity contribution >= 4 is 11.9 Å². The minimum atomic E-state index is -0.670. The zero-order valence-corrected chi connectivity index (χ0v) is 48.2. The number of rotatable bonds is 61. The molecule has 0 aromatic heterocycles. The van der Waals surface area contributed by atoms with Crippen LogP contribution in [-0.4, -0.2) is 47.4 Å². The van der Waals surface area contributed by atoms with Gasteiger partial charge < -0.3 is 20.3 Å². The van der Waals surface area contributed by atoms with Crippen LogP contribution in [0.1, 0.15) is 367 Å². The van der Waals surface area contributed by atoms with E-state index in [9.17, 15) is 19.8 Å². The number of nitrogens with one attached hydrogen (secondary N) is 1. The highest BCUT2D eigenvalue weighted by Crippen LogP contribution is 2.18. The summed E-state index contributed by atoms with van der Waals surface area (Å²) in [5, 5.41) is 23.4. The predicted octanol–water partition coefficient (Wildman–Crippen LogP) is 20.4. The quantitative estimate of drug-likeness (QED) is 0.0320. The Hall–Kier alpha value is -1.40. The first-order valence-corrected chi connectivity index (χ1v) is 32.4. The summed E-state index contributed by atoms with van der Waals surface area (Å²) in [5.41, 5.74) is 0. The first-order valence-electron chi connectivity index (χ1n) is 32.4. The van der Waals surface area contributed by atoms with Crippen LogP contribution in [0.4, 0.5) is 0 Å². The van der Waals surface area contributed by atoms with Crippen LogP contribution in [0.25, 0.3) is 0 Å². The van der Waals surface area contributed by atoms with Crippen LogP contribution in [0.3, 0.4) is 0 Å². The second-order valence-corrected chi connectivity index (χ2v) is 22.5. The second-order valence-electron chi connectivity index (χ2n) is 22.5. The van der Waals surface area contributed by atoms with Crippen molar-refractivity contribution in [3.05, 3.63) is 12.2 Å². The summed E-state index contributed by atoms with van der Waals surface area (Å²) >= 11 is 0. The van der Waals surface area contributed by atoms with Crippen molar-refractivity contribution in [1.29, 1.82) is 0 Å². The summed E-state index contributed by atoms with van der Waals surface area (Å²) in [6.45, 7) is 4.97. The summed E-state index contributed by atoms with van der Waals surface area (Å²) in [6.07, 6.45) is 73.6. The molecule has 0 rings (SSSR count). The van der Waals surface area contributed by atoms with Crippen molar-refractivity contribution < 1.29 is 24.5 Å². The summed E-state index contributed by atoms with van der Waals surface area (Å²) < 4.78 is 5.49. The number of amides is 1. The van der Waals surface area contributed by atoms with Gasteiger partial charge in [0.05, 0.1) is 25.4 Å². The molecule has 0 radical (unpaired) electrons. The number of esters is 1. The Balaban J connectivity index is 3.41. The Labute approximate surface area is 444 Å². The van der Waals surface area contributed by atoms with Crippen molar-refractivity contribution in [1.82, 2.24) is 5.32 Å². The number of hydrogen-bond acceptors (Lipinski definition) is 5. The van der Waals surface area contributed by atoms with Crippen LogP contribution >= 0.6 is 0 Å². The lowest BCUT2D eigenvalue weighted by Gasteiger charge is -2.22. The summed E-state index contributed by atoms with van der Waals surface area (Å²) in [5.74, 6) is -0.0364. The lowest BCUT2D eigenvalue weighted by Crippen LogP contribution is -2.45. The third kappa shape index (κ3) is 57.7. The van der Waals surface area contributed by atoms with Crippen LogP contribution in [0.5, 0.6) is 0 Å². The van der Waals surface area contributed by atoms with Crippen molar-refractivity contribution in [2.45, 2.75) is 379 Å². The van der Waals surface area contributed by atoms with Gasteiger partial charge in [0, 0.05) is 12.8 Å². The Morgan fingerprint density at radius 2 is 0.662 bits per heavy atom. The molecule has 71 heavy (non-hydrogen) atoms. The molecule has 422 valence electrons. The lowest BCUT2D eigenvalue weighted by atomic mass is 10.0. The average molecular weight is 1000 g/mol. The van der Waals surface area contributed by atoms with E-state index in [0.717, 1.165) is 44.9 Å². The van der Waals surface area contributed by atoms with E-state index < -0.39 is 12.1 Å². The molecular formula is C65H127NO5.